The number of amides is 1. The number of phenols is 1. The second-order valence-corrected chi connectivity index (χ2v) is 7.98. The lowest BCUT2D eigenvalue weighted by Crippen LogP contribution is -2.40. The zero-order valence-corrected chi connectivity index (χ0v) is 18.1. The Labute approximate surface area is 190 Å². The van der Waals surface area contributed by atoms with E-state index in [1.165, 1.54) is 0 Å². The average Bonchev–Trinajstić information content (AvgIpc) is 3.10. The first-order chi connectivity index (χ1) is 15.9. The number of carboxylic acid groups (broad SMARTS) is 1. The molecule has 0 radical (unpaired) electrons. The predicted molar refractivity (Wildman–Crippen MR) is 121 cm³/mol. The van der Waals surface area contributed by atoms with Gasteiger partial charge in [0, 0.05) is 18.5 Å². The molecule has 1 aliphatic carbocycles. The monoisotopic (exact) mass is 449 g/mol. The van der Waals surface area contributed by atoms with Crippen LogP contribution in [0.1, 0.15) is 42.0 Å². The second-order valence-electron chi connectivity index (χ2n) is 7.98. The Balaban J connectivity index is 1.60. The number of benzene rings is 3. The van der Waals surface area contributed by atoms with Crippen molar-refractivity contribution in [3.05, 3.63) is 89.2 Å². The number of carbonyl (C=O) groups excluding carboxylic acids is 1. The number of aromatic hydroxyl groups is 1. The molecular formula is C26H24FNO5. The zero-order valence-electron chi connectivity index (χ0n) is 18.1. The summed E-state index contributed by atoms with van der Waals surface area (Å²) >= 11 is 0. The van der Waals surface area contributed by atoms with E-state index in [9.17, 15) is 24.2 Å². The summed E-state index contributed by atoms with van der Waals surface area (Å²) in [5.41, 5.74) is 4.20. The largest absolute Gasteiger partial charge is 0.508 e. The number of carbonyl (C=O) groups is 2. The van der Waals surface area contributed by atoms with Gasteiger partial charge in [-0.2, -0.15) is 0 Å². The number of nitrogens with zero attached hydrogens (tertiary/aromatic N) is 1. The van der Waals surface area contributed by atoms with E-state index in [1.54, 1.807) is 6.92 Å². The van der Waals surface area contributed by atoms with Gasteiger partial charge in [0.25, 0.3) is 0 Å². The first kappa shape index (κ1) is 22.3. The van der Waals surface area contributed by atoms with Gasteiger partial charge in [0.15, 0.2) is 6.04 Å². The molecular weight excluding hydrogens is 425 g/mol. The van der Waals surface area contributed by atoms with Crippen molar-refractivity contribution < 1.29 is 28.9 Å². The van der Waals surface area contributed by atoms with E-state index in [2.05, 4.69) is 0 Å². The Hall–Kier alpha value is -3.87. The number of ether oxygens (including phenoxy) is 1. The molecule has 0 spiro atoms. The van der Waals surface area contributed by atoms with Gasteiger partial charge in [-0.3, -0.25) is 4.90 Å². The number of aliphatic carboxylic acids is 1. The van der Waals surface area contributed by atoms with Crippen LogP contribution >= 0.6 is 0 Å². The molecule has 0 saturated heterocycles. The SMILES string of the molecule is CCCN(C(=O)OCC1c2ccccc2-c2ccccc21)C(C(=O)O)c1cc(O)cc(F)c1. The quantitative estimate of drug-likeness (QED) is 0.510. The highest BCUT2D eigenvalue weighted by Gasteiger charge is 2.34. The minimum absolute atomic E-state index is 0.0355. The van der Waals surface area contributed by atoms with E-state index in [0.717, 1.165) is 45.4 Å². The van der Waals surface area contributed by atoms with Crippen molar-refractivity contribution in [1.82, 2.24) is 4.90 Å². The molecule has 3 aromatic carbocycles. The lowest BCUT2D eigenvalue weighted by atomic mass is 9.98. The molecule has 170 valence electrons. The molecule has 1 amide bonds. The lowest BCUT2D eigenvalue weighted by Gasteiger charge is -2.29. The van der Waals surface area contributed by atoms with Gasteiger partial charge < -0.3 is 14.9 Å². The van der Waals surface area contributed by atoms with Crippen molar-refractivity contribution in [2.24, 2.45) is 0 Å². The topological polar surface area (TPSA) is 87.1 Å². The number of phenolic OH excluding ortho intramolecular Hbond substituents is 1. The van der Waals surface area contributed by atoms with Gasteiger partial charge >= 0.3 is 12.1 Å². The summed E-state index contributed by atoms with van der Waals surface area (Å²) in [6, 6.07) is 17.3. The van der Waals surface area contributed by atoms with Gasteiger partial charge in [-0.15, -0.1) is 0 Å². The minimum atomic E-state index is -1.50. The normalized spacial score (nSPS) is 13.2. The van der Waals surface area contributed by atoms with Crippen LogP contribution in [0.15, 0.2) is 66.7 Å². The Morgan fingerprint density at radius 2 is 1.64 bits per heavy atom. The molecule has 0 aliphatic heterocycles. The molecule has 2 N–H and O–H groups in total. The molecule has 0 bridgehead atoms. The van der Waals surface area contributed by atoms with Crippen molar-refractivity contribution in [1.29, 1.82) is 0 Å². The van der Waals surface area contributed by atoms with Crippen LogP contribution < -0.4 is 0 Å². The number of hydrogen-bond donors (Lipinski definition) is 2. The number of rotatable bonds is 7. The summed E-state index contributed by atoms with van der Waals surface area (Å²) in [5, 5.41) is 19.6. The van der Waals surface area contributed by atoms with E-state index in [-0.39, 0.29) is 24.6 Å². The molecule has 1 atom stereocenters. The van der Waals surface area contributed by atoms with E-state index < -0.39 is 29.7 Å². The fraction of sp³-hybridized carbons (Fsp3) is 0.231. The van der Waals surface area contributed by atoms with Crippen molar-refractivity contribution in [3.63, 3.8) is 0 Å². The summed E-state index contributed by atoms with van der Waals surface area (Å²) in [7, 11) is 0. The molecule has 1 unspecified atom stereocenters. The highest BCUT2D eigenvalue weighted by molar-refractivity contribution is 5.82. The van der Waals surface area contributed by atoms with Crippen molar-refractivity contribution >= 4 is 12.1 Å². The van der Waals surface area contributed by atoms with Crippen LogP contribution in [0.25, 0.3) is 11.1 Å². The molecule has 0 aromatic heterocycles. The van der Waals surface area contributed by atoms with Crippen LogP contribution in [0, 0.1) is 5.82 Å². The summed E-state index contributed by atoms with van der Waals surface area (Å²) < 4.78 is 19.5. The van der Waals surface area contributed by atoms with Crippen LogP contribution in [0.4, 0.5) is 9.18 Å². The standard InChI is InChI=1S/C26H24FNO5/c1-2-11-28(24(25(30)31)16-12-17(27)14-18(29)13-16)26(32)33-15-23-21-9-5-3-7-19(21)20-8-4-6-10-22(20)23/h3-10,12-14,23-24,29H,2,11,15H2,1H3,(H,30,31). The maximum absolute atomic E-state index is 13.8. The van der Waals surface area contributed by atoms with E-state index in [0.29, 0.717) is 6.42 Å². The predicted octanol–water partition coefficient (Wildman–Crippen LogP) is 5.32. The van der Waals surface area contributed by atoms with Crippen molar-refractivity contribution in [2.45, 2.75) is 25.3 Å². The van der Waals surface area contributed by atoms with Gasteiger partial charge in [0.2, 0.25) is 0 Å². The molecule has 4 rings (SSSR count). The van der Waals surface area contributed by atoms with Crippen LogP contribution in [-0.4, -0.2) is 40.3 Å². The van der Waals surface area contributed by atoms with Gasteiger partial charge in [0.05, 0.1) is 0 Å². The molecule has 1 aliphatic rings. The van der Waals surface area contributed by atoms with Crippen molar-refractivity contribution in [2.75, 3.05) is 13.2 Å². The number of halogens is 1. The third kappa shape index (κ3) is 4.39. The van der Waals surface area contributed by atoms with Crippen LogP contribution in [0.2, 0.25) is 0 Å². The number of fused-ring (bicyclic) bond motifs is 3. The van der Waals surface area contributed by atoms with E-state index in [1.807, 2.05) is 48.5 Å². The zero-order chi connectivity index (χ0) is 23.5. The maximum atomic E-state index is 13.8. The van der Waals surface area contributed by atoms with Gasteiger partial charge in [-0.05, 0) is 46.4 Å². The third-order valence-electron chi connectivity index (χ3n) is 5.80. The fourth-order valence-corrected chi connectivity index (χ4v) is 4.45. The number of carboxylic acids is 1. The van der Waals surface area contributed by atoms with Crippen molar-refractivity contribution in [3.8, 4) is 16.9 Å². The fourth-order valence-electron chi connectivity index (χ4n) is 4.45. The Bertz CT molecular complexity index is 1130. The molecule has 7 heteroatoms. The van der Waals surface area contributed by atoms with Gasteiger partial charge in [-0.25, -0.2) is 14.0 Å². The van der Waals surface area contributed by atoms with Crippen LogP contribution in [0.5, 0.6) is 5.75 Å². The average molecular weight is 449 g/mol. The van der Waals surface area contributed by atoms with Gasteiger partial charge in [0.1, 0.15) is 18.2 Å². The Morgan fingerprint density at radius 1 is 1.03 bits per heavy atom. The minimum Gasteiger partial charge on any atom is -0.508 e. The summed E-state index contributed by atoms with van der Waals surface area (Å²) in [6.45, 7) is 1.92. The first-order valence-corrected chi connectivity index (χ1v) is 10.7. The summed E-state index contributed by atoms with van der Waals surface area (Å²) in [4.78, 5) is 26.2. The van der Waals surface area contributed by atoms with Gasteiger partial charge in [-0.1, -0.05) is 55.5 Å². The smallest absolute Gasteiger partial charge is 0.410 e. The highest BCUT2D eigenvalue weighted by Crippen LogP contribution is 2.44. The van der Waals surface area contributed by atoms with E-state index >= 15 is 0 Å². The molecule has 0 saturated carbocycles. The first-order valence-electron chi connectivity index (χ1n) is 10.7. The lowest BCUT2D eigenvalue weighted by molar-refractivity contribution is -0.143. The second kappa shape index (κ2) is 9.32. The molecule has 6 nitrogen and oxygen atoms in total. The molecule has 0 heterocycles. The molecule has 3 aromatic rings. The highest BCUT2D eigenvalue weighted by atomic mass is 19.1. The van der Waals surface area contributed by atoms with Crippen LogP contribution in [0.3, 0.4) is 0 Å². The summed E-state index contributed by atoms with van der Waals surface area (Å²) in [5.74, 6) is -2.73. The third-order valence-corrected chi connectivity index (χ3v) is 5.80. The Morgan fingerprint density at radius 3 is 2.18 bits per heavy atom. The van der Waals surface area contributed by atoms with E-state index in [4.69, 9.17) is 4.74 Å². The van der Waals surface area contributed by atoms with Crippen LogP contribution in [-0.2, 0) is 9.53 Å². The Kier molecular flexibility index (Phi) is 6.31. The summed E-state index contributed by atoms with van der Waals surface area (Å²) in [6.07, 6.45) is -0.343. The molecule has 33 heavy (non-hydrogen) atoms. The molecule has 0 fully saturated rings. The number of hydrogen-bond acceptors (Lipinski definition) is 4. The maximum Gasteiger partial charge on any atom is 0.410 e.